The Hall–Kier alpha value is -1.83. The van der Waals surface area contributed by atoms with Crippen LogP contribution < -0.4 is 16.2 Å². The molecule has 2 aliphatic heterocycles. The monoisotopic (exact) mass is 330 g/mol. The van der Waals surface area contributed by atoms with Crippen LogP contribution in [0.15, 0.2) is 24.3 Å². The van der Waals surface area contributed by atoms with Gasteiger partial charge in [0.1, 0.15) is 17.5 Å². The number of fused-ring (bicyclic) bond motifs is 1. The second kappa shape index (κ2) is 6.96. The molecule has 0 saturated carbocycles. The molecule has 0 aliphatic carbocycles. The topological polar surface area (TPSA) is 66.8 Å². The molecule has 0 bridgehead atoms. The summed E-state index contributed by atoms with van der Waals surface area (Å²) in [6.45, 7) is 3.51. The Balaban J connectivity index is 1.35. The maximum absolute atomic E-state index is 13.1. The van der Waals surface area contributed by atoms with E-state index in [0.29, 0.717) is 5.92 Å². The third-order valence-electron chi connectivity index (χ3n) is 4.95. The summed E-state index contributed by atoms with van der Waals surface area (Å²) in [5.41, 5.74) is 7.61. The van der Waals surface area contributed by atoms with E-state index in [1.165, 1.54) is 25.0 Å². The van der Waals surface area contributed by atoms with Crippen LogP contribution in [-0.4, -0.2) is 27.9 Å². The van der Waals surface area contributed by atoms with E-state index in [-0.39, 0.29) is 11.9 Å². The average molecular weight is 330 g/mol. The van der Waals surface area contributed by atoms with Gasteiger partial charge in [0.2, 0.25) is 0 Å². The molecule has 2 aromatic rings. The molecular formula is C17H23FN6. The van der Waals surface area contributed by atoms with Crippen LogP contribution in [0.5, 0.6) is 0 Å². The Morgan fingerprint density at radius 1 is 1.21 bits per heavy atom. The summed E-state index contributed by atoms with van der Waals surface area (Å²) in [6, 6.07) is 6.92. The first-order chi connectivity index (χ1) is 11.8. The number of rotatable bonds is 5. The van der Waals surface area contributed by atoms with Crippen molar-refractivity contribution in [1.29, 1.82) is 0 Å². The third kappa shape index (κ3) is 3.19. The first kappa shape index (κ1) is 15.7. The maximum Gasteiger partial charge on any atom is 0.147 e. The highest BCUT2D eigenvalue weighted by Crippen LogP contribution is 2.24. The number of halogens is 1. The van der Waals surface area contributed by atoms with Crippen molar-refractivity contribution in [3.05, 3.63) is 47.3 Å². The van der Waals surface area contributed by atoms with Crippen molar-refractivity contribution in [2.24, 2.45) is 5.92 Å². The number of nitrogens with zero attached hydrogens (tertiary/aromatic N) is 3. The molecule has 2 atom stereocenters. The van der Waals surface area contributed by atoms with E-state index in [9.17, 15) is 4.39 Å². The van der Waals surface area contributed by atoms with Gasteiger partial charge in [-0.15, -0.1) is 10.2 Å². The SMILES string of the molecule is Fc1ccc(C2NNCC2CNCc2nnc3n2CCCC3)cc1. The summed E-state index contributed by atoms with van der Waals surface area (Å²) < 4.78 is 15.4. The van der Waals surface area contributed by atoms with Crippen molar-refractivity contribution in [2.45, 2.75) is 38.4 Å². The third-order valence-corrected chi connectivity index (χ3v) is 4.95. The standard InChI is InChI=1S/C17H23FN6/c18-14-6-4-12(5-7-14)17-13(10-20-23-17)9-19-11-16-22-21-15-3-1-2-8-24(15)16/h4-7,13,17,19-20,23H,1-3,8-11H2. The fraction of sp³-hybridized carbons (Fsp3) is 0.529. The number of hydrogen-bond donors (Lipinski definition) is 3. The van der Waals surface area contributed by atoms with Crippen LogP contribution in [0.2, 0.25) is 0 Å². The van der Waals surface area contributed by atoms with Gasteiger partial charge in [-0.05, 0) is 30.5 Å². The molecule has 3 heterocycles. The van der Waals surface area contributed by atoms with Crippen molar-refractivity contribution < 1.29 is 4.39 Å². The molecule has 2 aliphatic rings. The maximum atomic E-state index is 13.1. The fourth-order valence-electron chi connectivity index (χ4n) is 3.62. The zero-order valence-electron chi connectivity index (χ0n) is 13.6. The lowest BCUT2D eigenvalue weighted by Crippen LogP contribution is -2.29. The zero-order valence-corrected chi connectivity index (χ0v) is 13.6. The second-order valence-corrected chi connectivity index (χ2v) is 6.59. The van der Waals surface area contributed by atoms with E-state index in [0.717, 1.165) is 49.8 Å². The van der Waals surface area contributed by atoms with Crippen molar-refractivity contribution in [3.63, 3.8) is 0 Å². The van der Waals surface area contributed by atoms with Gasteiger partial charge < -0.3 is 9.88 Å². The number of aryl methyl sites for hydroxylation is 1. The van der Waals surface area contributed by atoms with Gasteiger partial charge in [0.15, 0.2) is 0 Å². The number of hydrazine groups is 1. The van der Waals surface area contributed by atoms with Crippen LogP contribution in [0, 0.1) is 11.7 Å². The minimum absolute atomic E-state index is 0.186. The van der Waals surface area contributed by atoms with Gasteiger partial charge in [-0.2, -0.15) is 0 Å². The Kier molecular flexibility index (Phi) is 4.55. The largest absolute Gasteiger partial charge is 0.314 e. The Morgan fingerprint density at radius 3 is 2.96 bits per heavy atom. The molecular weight excluding hydrogens is 307 g/mol. The van der Waals surface area contributed by atoms with Crippen LogP contribution in [0.4, 0.5) is 4.39 Å². The van der Waals surface area contributed by atoms with Crippen molar-refractivity contribution in [1.82, 2.24) is 30.9 Å². The molecule has 1 fully saturated rings. The lowest BCUT2D eigenvalue weighted by molar-refractivity contribution is 0.430. The number of aromatic nitrogens is 3. The van der Waals surface area contributed by atoms with Crippen molar-refractivity contribution >= 4 is 0 Å². The number of nitrogens with one attached hydrogen (secondary N) is 3. The molecule has 24 heavy (non-hydrogen) atoms. The lowest BCUT2D eigenvalue weighted by atomic mass is 9.95. The van der Waals surface area contributed by atoms with E-state index in [1.54, 1.807) is 0 Å². The molecule has 2 unspecified atom stereocenters. The summed E-state index contributed by atoms with van der Waals surface area (Å²) in [6.07, 6.45) is 3.46. The summed E-state index contributed by atoms with van der Waals surface area (Å²) >= 11 is 0. The molecule has 1 aromatic carbocycles. The molecule has 4 rings (SSSR count). The highest BCUT2D eigenvalue weighted by atomic mass is 19.1. The Bertz CT molecular complexity index is 683. The van der Waals surface area contributed by atoms with Gasteiger partial charge in [-0.1, -0.05) is 12.1 Å². The molecule has 128 valence electrons. The predicted octanol–water partition coefficient (Wildman–Crippen LogP) is 1.31. The smallest absolute Gasteiger partial charge is 0.147 e. The van der Waals surface area contributed by atoms with Gasteiger partial charge >= 0.3 is 0 Å². The van der Waals surface area contributed by atoms with Gasteiger partial charge in [-0.3, -0.25) is 5.43 Å². The van der Waals surface area contributed by atoms with Crippen molar-refractivity contribution in [2.75, 3.05) is 13.1 Å². The highest BCUT2D eigenvalue weighted by molar-refractivity contribution is 5.21. The van der Waals surface area contributed by atoms with Gasteiger partial charge in [0.05, 0.1) is 12.6 Å². The van der Waals surface area contributed by atoms with E-state index >= 15 is 0 Å². The normalized spacial score (nSPS) is 23.4. The van der Waals surface area contributed by atoms with E-state index in [4.69, 9.17) is 0 Å². The summed E-state index contributed by atoms with van der Waals surface area (Å²) in [7, 11) is 0. The van der Waals surface area contributed by atoms with Gasteiger partial charge in [0, 0.05) is 32.0 Å². The lowest BCUT2D eigenvalue weighted by Gasteiger charge is -2.20. The van der Waals surface area contributed by atoms with Crippen LogP contribution in [0.1, 0.15) is 36.1 Å². The molecule has 0 spiro atoms. The molecule has 1 saturated heterocycles. The van der Waals surface area contributed by atoms with E-state index in [2.05, 4.69) is 30.9 Å². The van der Waals surface area contributed by atoms with Crippen LogP contribution >= 0.6 is 0 Å². The van der Waals surface area contributed by atoms with E-state index in [1.807, 2.05) is 12.1 Å². The minimum Gasteiger partial charge on any atom is -0.314 e. The molecule has 0 radical (unpaired) electrons. The number of benzene rings is 1. The first-order valence-electron chi connectivity index (χ1n) is 8.67. The van der Waals surface area contributed by atoms with Crippen molar-refractivity contribution in [3.8, 4) is 0 Å². The molecule has 3 N–H and O–H groups in total. The average Bonchev–Trinajstić information content (AvgIpc) is 3.23. The first-order valence-corrected chi connectivity index (χ1v) is 8.67. The fourth-order valence-corrected chi connectivity index (χ4v) is 3.62. The molecule has 0 amide bonds. The Labute approximate surface area is 140 Å². The molecule has 7 heteroatoms. The second-order valence-electron chi connectivity index (χ2n) is 6.59. The van der Waals surface area contributed by atoms with Crippen LogP contribution in [-0.2, 0) is 19.5 Å². The van der Waals surface area contributed by atoms with Gasteiger partial charge in [0.25, 0.3) is 0 Å². The summed E-state index contributed by atoms with van der Waals surface area (Å²) in [5.74, 6) is 2.35. The zero-order chi connectivity index (χ0) is 16.4. The van der Waals surface area contributed by atoms with Crippen LogP contribution in [0.25, 0.3) is 0 Å². The quantitative estimate of drug-likeness (QED) is 0.771. The van der Waals surface area contributed by atoms with E-state index < -0.39 is 0 Å². The van der Waals surface area contributed by atoms with Crippen LogP contribution in [0.3, 0.4) is 0 Å². The summed E-state index contributed by atoms with van der Waals surface area (Å²) in [4.78, 5) is 0. The predicted molar refractivity (Wildman–Crippen MR) is 88.4 cm³/mol. The molecule has 1 aromatic heterocycles. The highest BCUT2D eigenvalue weighted by Gasteiger charge is 2.28. The molecule has 6 nitrogen and oxygen atoms in total. The Morgan fingerprint density at radius 2 is 2.08 bits per heavy atom. The number of hydrogen-bond acceptors (Lipinski definition) is 5. The summed E-state index contributed by atoms with van der Waals surface area (Å²) in [5, 5.41) is 12.1. The van der Waals surface area contributed by atoms with Gasteiger partial charge in [-0.25, -0.2) is 9.82 Å². The minimum atomic E-state index is -0.198.